The van der Waals surface area contributed by atoms with Gasteiger partial charge in [0.05, 0.1) is 0 Å². The van der Waals surface area contributed by atoms with Crippen LogP contribution in [0.3, 0.4) is 0 Å². The van der Waals surface area contributed by atoms with Crippen LogP contribution < -0.4 is 84.1 Å². The van der Waals surface area contributed by atoms with E-state index in [1.807, 2.05) is 13.8 Å². The largest absolute Gasteiger partial charge is 1.00 e. The maximum Gasteiger partial charge on any atom is 1.00 e. The van der Waals surface area contributed by atoms with Gasteiger partial charge in [0.2, 0.25) is 11.8 Å². The van der Waals surface area contributed by atoms with E-state index < -0.39 is 0 Å². The normalized spacial score (nSPS) is 21.0. The van der Waals surface area contributed by atoms with Gasteiger partial charge in [0.15, 0.2) is 0 Å². The molecule has 0 radical (unpaired) electrons. The fourth-order valence-corrected chi connectivity index (χ4v) is 16.8. The summed E-state index contributed by atoms with van der Waals surface area (Å²) < 4.78 is 0. The molecule has 3 atom stereocenters. The van der Waals surface area contributed by atoms with E-state index in [2.05, 4.69) is 136 Å². The predicted octanol–water partition coefficient (Wildman–Crippen LogP) is 13.6. The molecule has 5 fully saturated rings. The van der Waals surface area contributed by atoms with Crippen LogP contribution in [0.4, 0.5) is 46.3 Å². The van der Waals surface area contributed by atoms with Crippen molar-refractivity contribution in [3.8, 4) is 0 Å². The molecule has 16 heteroatoms. The van der Waals surface area contributed by atoms with Gasteiger partial charge in [-0.1, -0.05) is 96.3 Å². The van der Waals surface area contributed by atoms with Crippen LogP contribution in [0, 0.1) is 60.3 Å². The molecule has 15 nitrogen and oxygen atoms in total. The summed E-state index contributed by atoms with van der Waals surface area (Å²) in [6, 6.07) is 14.1. The van der Waals surface area contributed by atoms with E-state index in [1.54, 1.807) is 40.3 Å². The molecule has 3 heterocycles. The number of hydrogen-bond acceptors (Lipinski definition) is 13. The third kappa shape index (κ3) is 14.2. The van der Waals surface area contributed by atoms with Crippen LogP contribution in [0.5, 0.6) is 0 Å². The summed E-state index contributed by atoms with van der Waals surface area (Å²) in [5.41, 5.74) is 33.0. The van der Waals surface area contributed by atoms with Gasteiger partial charge in [-0.3, -0.25) is 9.59 Å². The van der Waals surface area contributed by atoms with Gasteiger partial charge in [-0.25, -0.2) is 29.9 Å². The molecule has 8 aliphatic rings. The molecule has 3 spiro atoms. The first kappa shape index (κ1) is 67.0. The topological polar surface area (TPSA) is 242 Å². The minimum absolute atomic E-state index is 0. The SMILES string of the molecule is Cc1c(N)ncnc1NC(=O)C1CC1.Cc1cc(C)c2c(c1)C1(CCCCC1)CC2C.Cc1cc(Nc2ncnc(N)c2C)cc2c1C(C)CC21CCCCC1.Cc1cc(Nc2ncnc(NC(=O)C3CC3)c2C)cc2c1C(C)CC21CCCCC1.[K+].[OH-]. The number of nitrogens with one attached hydrogen (secondary N) is 4. The van der Waals surface area contributed by atoms with E-state index in [0.717, 1.165) is 71.3 Å². The minimum Gasteiger partial charge on any atom is -0.870 e. The monoisotopic (exact) mass is 1220 g/mol. The van der Waals surface area contributed by atoms with Crippen molar-refractivity contribution in [2.75, 3.05) is 32.7 Å². The summed E-state index contributed by atoms with van der Waals surface area (Å²) in [6.45, 7) is 22.0. The van der Waals surface area contributed by atoms with Crippen LogP contribution >= 0.6 is 0 Å². The van der Waals surface area contributed by atoms with Crippen molar-refractivity contribution in [1.29, 1.82) is 0 Å². The zero-order chi connectivity index (χ0) is 60.7. The number of amides is 2. The van der Waals surface area contributed by atoms with E-state index in [-0.39, 0.29) is 80.5 Å². The van der Waals surface area contributed by atoms with Crippen molar-refractivity contribution in [3.63, 3.8) is 0 Å². The number of fused-ring (bicyclic) bond motifs is 6. The minimum atomic E-state index is 0. The molecule has 9 N–H and O–H groups in total. The third-order valence-electron chi connectivity index (χ3n) is 21.3. The van der Waals surface area contributed by atoms with E-state index in [9.17, 15) is 9.59 Å². The van der Waals surface area contributed by atoms with Crippen molar-refractivity contribution in [2.45, 2.75) is 244 Å². The van der Waals surface area contributed by atoms with Crippen molar-refractivity contribution in [3.05, 3.63) is 128 Å². The van der Waals surface area contributed by atoms with Crippen LogP contribution in [0.2, 0.25) is 0 Å². The maximum atomic E-state index is 12.2. The Morgan fingerprint density at radius 1 is 0.432 bits per heavy atom. The van der Waals surface area contributed by atoms with Crippen molar-refractivity contribution < 1.29 is 66.4 Å². The molecule has 3 aromatic carbocycles. The number of carbonyl (C=O) groups excluding carboxylic acids is 2. The zero-order valence-electron chi connectivity index (χ0n) is 54.7. The Bertz CT molecular complexity index is 3500. The van der Waals surface area contributed by atoms with E-state index in [1.165, 1.54) is 157 Å². The van der Waals surface area contributed by atoms with Gasteiger partial charge in [-0.15, -0.1) is 0 Å². The van der Waals surface area contributed by atoms with Crippen molar-refractivity contribution >= 4 is 58.1 Å². The van der Waals surface area contributed by atoms with Gasteiger partial charge < -0.3 is 38.2 Å². The molecular weight excluding hydrogens is 1120 g/mol. The molecule has 3 unspecified atom stereocenters. The molecule has 0 bridgehead atoms. The van der Waals surface area contributed by atoms with Gasteiger partial charge in [-0.2, -0.15) is 0 Å². The van der Waals surface area contributed by atoms with Crippen LogP contribution in [0.15, 0.2) is 55.4 Å². The molecular formula is C72H97KN12O3. The fraction of sp³-hybridized carbons (Fsp3) is 0.556. The van der Waals surface area contributed by atoms with E-state index in [4.69, 9.17) is 11.5 Å². The number of nitrogens with two attached hydrogens (primary N) is 2. The molecule has 2 amide bonds. The first-order chi connectivity index (χ1) is 41.3. The molecule has 464 valence electrons. The second kappa shape index (κ2) is 28.0. The van der Waals surface area contributed by atoms with Crippen molar-refractivity contribution in [2.24, 2.45) is 11.8 Å². The van der Waals surface area contributed by atoms with Crippen LogP contribution in [-0.2, 0) is 25.8 Å². The predicted molar refractivity (Wildman–Crippen MR) is 352 cm³/mol. The van der Waals surface area contributed by atoms with Crippen LogP contribution in [-0.4, -0.2) is 47.2 Å². The number of anilines is 8. The Morgan fingerprint density at radius 3 is 1.14 bits per heavy atom. The summed E-state index contributed by atoms with van der Waals surface area (Å²) in [5.74, 6) is 6.16. The summed E-state index contributed by atoms with van der Waals surface area (Å²) in [4.78, 5) is 48.6. The molecule has 6 aromatic rings. The number of rotatable bonds is 8. The Labute approximate surface area is 566 Å². The number of hydrogen-bond donors (Lipinski definition) is 6. The zero-order valence-corrected chi connectivity index (χ0v) is 57.9. The molecule has 3 aromatic heterocycles. The Kier molecular flexibility index (Phi) is 21.3. The number of nitrogens with zero attached hydrogens (tertiary/aromatic N) is 6. The van der Waals surface area contributed by atoms with Gasteiger partial charge in [0, 0.05) is 39.9 Å². The van der Waals surface area contributed by atoms with Gasteiger partial charge in [-0.05, 0) is 240 Å². The fourth-order valence-electron chi connectivity index (χ4n) is 16.8. The summed E-state index contributed by atoms with van der Waals surface area (Å²) >= 11 is 0. The van der Waals surface area contributed by atoms with Crippen LogP contribution in [0.25, 0.3) is 0 Å². The standard InChI is InChI=1S/C25H32N4O.C21H28N4.C17H24.C9H12N4O.K.H2O/c1-15-11-19(12-20-21(15)16(2)13-25(20)9-5-4-6-10-25)28-22-17(3)23(27-14-26-22)29-24(30)18-7-8-18;1-13-9-16(25-20-15(3)19(22)23-12-24-20)10-17-18(13)14(2)11-21(17)7-5-4-6-8-21;1-12-9-13(2)16-14(3)11-17(15(16)10-12)7-5-4-6-8-17;1-5-7(10)11-4-12-8(5)13-9(14)6-2-3-6;;/h11-12,14,16,18H,4-10,13H2,1-3H3,(H2,26,27,28,29,30);9-10,12,14H,4-8,11H2,1-3H3,(H3,22,23,24,25);9-10,14H,4-8,11H2,1-3H3;4,6H,2-3H2,1H3,(H3,10,11,12,13,14);;1H2/q;;;;+1;/p-1. The maximum absolute atomic E-state index is 12.2. The van der Waals surface area contributed by atoms with Gasteiger partial charge in [0.25, 0.3) is 0 Å². The van der Waals surface area contributed by atoms with E-state index >= 15 is 0 Å². The molecule has 0 aliphatic heterocycles. The first-order valence-corrected chi connectivity index (χ1v) is 32.8. The molecule has 88 heavy (non-hydrogen) atoms. The van der Waals surface area contributed by atoms with Crippen LogP contribution in [0.1, 0.15) is 252 Å². The number of aromatic nitrogens is 6. The molecule has 0 saturated heterocycles. The first-order valence-electron chi connectivity index (χ1n) is 32.8. The Hall–Kier alpha value is -5.36. The summed E-state index contributed by atoms with van der Waals surface area (Å²) in [6.07, 6.45) is 33.0. The second-order valence-corrected chi connectivity index (χ2v) is 27.8. The number of carbonyl (C=O) groups is 2. The average molecular weight is 1220 g/mol. The van der Waals surface area contributed by atoms with Gasteiger partial charge in [0.1, 0.15) is 53.9 Å². The number of nitrogen functional groups attached to an aromatic ring is 2. The van der Waals surface area contributed by atoms with Gasteiger partial charge >= 0.3 is 51.4 Å². The Morgan fingerprint density at radius 2 is 0.750 bits per heavy atom. The van der Waals surface area contributed by atoms with E-state index in [0.29, 0.717) is 51.4 Å². The summed E-state index contributed by atoms with van der Waals surface area (Å²) in [5, 5.41) is 12.7. The summed E-state index contributed by atoms with van der Waals surface area (Å²) in [7, 11) is 0. The Balaban J connectivity index is 0.000000144. The second-order valence-electron chi connectivity index (χ2n) is 27.8. The molecule has 5 saturated carbocycles. The molecule has 14 rings (SSSR count). The number of benzene rings is 3. The quantitative estimate of drug-likeness (QED) is 0.0778. The van der Waals surface area contributed by atoms with Crippen molar-refractivity contribution in [1.82, 2.24) is 29.9 Å². The third-order valence-corrected chi connectivity index (χ3v) is 21.3. The average Bonchev–Trinajstić information content (AvgIpc) is 1.78. The molecule has 8 aliphatic carbocycles. The smallest absolute Gasteiger partial charge is 0.870 e. The number of aryl methyl sites for hydroxylation is 4.